The number of hydrogen-bond donors (Lipinski definition) is 4. The van der Waals surface area contributed by atoms with Crippen molar-refractivity contribution in [3.63, 3.8) is 0 Å². The van der Waals surface area contributed by atoms with Gasteiger partial charge in [0.1, 0.15) is 0 Å². The Balaban J connectivity index is 0.000000264. The van der Waals surface area contributed by atoms with Gasteiger partial charge in [-0.3, -0.25) is 9.44 Å². The van der Waals surface area contributed by atoms with Gasteiger partial charge in [0.05, 0.1) is 19.6 Å². The second-order valence-electron chi connectivity index (χ2n) is 11.3. The van der Waals surface area contributed by atoms with Crippen LogP contribution in [0.2, 0.25) is 10.0 Å². The van der Waals surface area contributed by atoms with Gasteiger partial charge in [-0.05, 0) is 122 Å². The third-order valence-electron chi connectivity index (χ3n) is 7.03. The van der Waals surface area contributed by atoms with E-state index in [2.05, 4.69) is 40.0 Å². The normalized spacial score (nSPS) is 11.3. The van der Waals surface area contributed by atoms with Crippen LogP contribution in [0.5, 0.6) is 0 Å². The molecule has 4 N–H and O–H groups in total. The molecule has 27 heteroatoms. The van der Waals surface area contributed by atoms with Crippen LogP contribution in [-0.4, -0.2) is 65.7 Å². The number of sulfonamides is 4. The first-order valence-corrected chi connectivity index (χ1v) is 22.8. The summed E-state index contributed by atoms with van der Waals surface area (Å²) in [5.41, 5.74) is 0.322. The van der Waals surface area contributed by atoms with E-state index < -0.39 is 52.2 Å². The molecule has 0 bridgehead atoms. The Morgan fingerprint density at radius 2 is 0.721 bits per heavy atom. The first kappa shape index (κ1) is 47.9. The van der Waals surface area contributed by atoms with Crippen molar-refractivity contribution in [1.29, 1.82) is 0 Å². The summed E-state index contributed by atoms with van der Waals surface area (Å²) >= 11 is 11.4. The molecule has 2 heterocycles. The van der Waals surface area contributed by atoms with Crippen LogP contribution in [0.3, 0.4) is 0 Å². The topological polar surface area (TPSA) is 299 Å². The number of nitrogens with one attached hydrogen (secondary N) is 4. The fraction of sp³-hybridized carbons (Fsp3) is 0. The number of amides is 4. The van der Waals surface area contributed by atoms with Gasteiger partial charge in [-0.15, -0.1) is 0 Å². The van der Waals surface area contributed by atoms with Crippen molar-refractivity contribution in [3.05, 3.63) is 153 Å². The molecule has 20 nitrogen and oxygen atoms in total. The maximum atomic E-state index is 12.3. The number of carbonyl (C=O) groups excluding carboxylic acids is 2. The van der Waals surface area contributed by atoms with E-state index in [1.165, 1.54) is 134 Å². The number of urea groups is 2. The van der Waals surface area contributed by atoms with Crippen LogP contribution in [-0.2, 0) is 59.6 Å². The Hall–Kier alpha value is -5.82. The van der Waals surface area contributed by atoms with Crippen LogP contribution in [0.15, 0.2) is 154 Å². The van der Waals surface area contributed by atoms with Crippen LogP contribution < -0.4 is 20.1 Å². The van der Waals surface area contributed by atoms with E-state index in [0.29, 0.717) is 10.0 Å². The van der Waals surface area contributed by atoms with E-state index in [1.807, 2.05) is 9.44 Å². The van der Waals surface area contributed by atoms with Gasteiger partial charge < -0.3 is 30.6 Å². The minimum Gasteiger partial charge on any atom is -0.366 e. The van der Waals surface area contributed by atoms with Crippen molar-refractivity contribution in [2.75, 3.05) is 10.6 Å². The molecule has 4 aromatic carbocycles. The summed E-state index contributed by atoms with van der Waals surface area (Å²) in [6, 6.07) is 21.4. The average molecular weight is 999 g/mol. The Labute approximate surface area is 371 Å². The van der Waals surface area contributed by atoms with E-state index in [-0.39, 0.29) is 62.3 Å². The molecule has 4 amide bonds. The fourth-order valence-corrected chi connectivity index (χ4v) is 8.18. The van der Waals surface area contributed by atoms with Gasteiger partial charge >= 0.3 is 31.5 Å². The molecule has 2 aromatic heterocycles. The van der Waals surface area contributed by atoms with Gasteiger partial charge in [0.25, 0.3) is 20.0 Å². The van der Waals surface area contributed by atoms with Gasteiger partial charge in [-0.1, -0.05) is 35.3 Å². The van der Waals surface area contributed by atoms with Crippen LogP contribution >= 0.6 is 23.2 Å². The average Bonchev–Trinajstić information content (AvgIpc) is 3.19. The third-order valence-corrected chi connectivity index (χ3v) is 12.8. The maximum absolute atomic E-state index is 12.3. The first-order chi connectivity index (χ1) is 28.3. The molecule has 0 unspecified atom stereocenters. The molecular formula is C34H26Cl2N10O10S4Zn. The second kappa shape index (κ2) is 20.6. The summed E-state index contributed by atoms with van der Waals surface area (Å²) in [7, 11) is -16.3. The molecule has 0 saturated heterocycles. The molecule has 0 aliphatic heterocycles. The fourth-order valence-electron chi connectivity index (χ4n) is 4.32. The van der Waals surface area contributed by atoms with Gasteiger partial charge in [-0.2, -0.15) is 0 Å². The Morgan fingerprint density at radius 3 is 1.02 bits per heavy atom. The van der Waals surface area contributed by atoms with Gasteiger partial charge in [0, 0.05) is 33.3 Å². The Kier molecular flexibility index (Phi) is 16.2. The van der Waals surface area contributed by atoms with Crippen molar-refractivity contribution in [2.45, 2.75) is 19.6 Å². The molecule has 312 valence electrons. The summed E-state index contributed by atoms with van der Waals surface area (Å²) < 4.78 is 109. The standard InChI is InChI=1S/2C17H14ClN5O5S2.Zn/c2*18-12-2-6-14(7-3-12)30(27,28)23-17(24)21-13-4-8-15(9-5-13)29(25,26)22-16-19-10-1-11-20-16;/h2*1-11H,(H3,19,20,21,22,23,24);/q;;+2/p-2. The van der Waals surface area contributed by atoms with E-state index in [4.69, 9.17) is 23.2 Å². The monoisotopic (exact) mass is 996 g/mol. The number of benzene rings is 4. The number of aromatic nitrogens is 4. The second-order valence-corrected chi connectivity index (χ2v) is 18.8. The molecule has 6 rings (SSSR count). The molecule has 0 aliphatic carbocycles. The zero-order valence-corrected chi connectivity index (χ0v) is 38.3. The number of carbonyl (C=O) groups is 2. The summed E-state index contributed by atoms with van der Waals surface area (Å²) in [6.07, 6.45) is 5.41. The zero-order valence-electron chi connectivity index (χ0n) is 30.6. The minimum absolute atomic E-state index is 0. The first-order valence-electron chi connectivity index (χ1n) is 16.2. The van der Waals surface area contributed by atoms with E-state index >= 15 is 0 Å². The van der Waals surface area contributed by atoms with Crippen LogP contribution in [0, 0.1) is 0 Å². The quantitative estimate of drug-likeness (QED) is 0.101. The third kappa shape index (κ3) is 14.1. The van der Waals surface area contributed by atoms with Crippen molar-refractivity contribution in [3.8, 4) is 0 Å². The molecule has 0 fully saturated rings. The molecule has 0 aliphatic rings. The smallest absolute Gasteiger partial charge is 0.366 e. The van der Waals surface area contributed by atoms with Gasteiger partial charge in [0.15, 0.2) is 0 Å². The zero-order chi connectivity index (χ0) is 43.6. The molecule has 0 spiro atoms. The molecular weight excluding hydrogens is 973 g/mol. The van der Waals surface area contributed by atoms with E-state index in [9.17, 15) is 43.3 Å². The van der Waals surface area contributed by atoms with Crippen molar-refractivity contribution < 1.29 is 62.7 Å². The Bertz CT molecular complexity index is 2710. The number of rotatable bonds is 12. The molecule has 0 atom stereocenters. The van der Waals surface area contributed by atoms with Gasteiger partial charge in [-0.25, -0.2) is 52.7 Å². The van der Waals surface area contributed by atoms with Crippen molar-refractivity contribution in [2.24, 2.45) is 0 Å². The van der Waals surface area contributed by atoms with Crippen LogP contribution in [0.25, 0.3) is 9.44 Å². The van der Waals surface area contributed by atoms with Crippen molar-refractivity contribution >= 4 is 98.6 Å². The molecule has 0 saturated carbocycles. The number of halogens is 2. The van der Waals surface area contributed by atoms with Crippen LogP contribution in [0.1, 0.15) is 0 Å². The number of hydrogen-bond acceptors (Lipinski definition) is 14. The summed E-state index contributed by atoms with van der Waals surface area (Å²) in [5.74, 6) is -0.432. The van der Waals surface area contributed by atoms with Gasteiger partial charge in [0.2, 0.25) is 20.0 Å². The Morgan fingerprint density at radius 1 is 0.443 bits per heavy atom. The van der Waals surface area contributed by atoms with E-state index in [0.717, 1.165) is 0 Å². The maximum Gasteiger partial charge on any atom is 2.00 e. The minimum atomic E-state index is -4.11. The molecule has 0 radical (unpaired) electrons. The number of nitrogens with zero attached hydrogens (tertiary/aromatic N) is 6. The predicted octanol–water partition coefficient (Wildman–Crippen LogP) is 6.07. The summed E-state index contributed by atoms with van der Waals surface area (Å²) in [6.45, 7) is 0. The predicted molar refractivity (Wildman–Crippen MR) is 219 cm³/mol. The van der Waals surface area contributed by atoms with Crippen LogP contribution in [0.4, 0.5) is 32.9 Å². The SMILES string of the molecule is O=C(Nc1ccc(S(=O)(=O)[N-]c2ncccn2)cc1)NS(=O)(=O)c1ccc(Cl)cc1.O=C(Nc1ccc(S(=O)(=O)[N-]c2ncccn2)cc1)NS(=O)(=O)c1ccc(Cl)cc1.[Zn+2]. The van der Waals surface area contributed by atoms with E-state index in [1.54, 1.807) is 0 Å². The number of anilines is 2. The molecule has 6 aromatic rings. The summed E-state index contributed by atoms with van der Waals surface area (Å²) in [4.78, 5) is 38.3. The summed E-state index contributed by atoms with van der Waals surface area (Å²) in [5, 5.41) is 5.30. The largest absolute Gasteiger partial charge is 2.00 e. The van der Waals surface area contributed by atoms with Crippen molar-refractivity contribution in [1.82, 2.24) is 29.4 Å². The molecule has 61 heavy (non-hydrogen) atoms.